The fourth-order valence-electron chi connectivity index (χ4n) is 1.93. The van der Waals surface area contributed by atoms with Crippen LogP contribution >= 0.6 is 11.6 Å². The lowest BCUT2D eigenvalue weighted by atomic mass is 10.1. The lowest BCUT2D eigenvalue weighted by molar-refractivity contribution is -0.121. The van der Waals surface area contributed by atoms with E-state index in [9.17, 15) is 9.59 Å². The predicted molar refractivity (Wildman–Crippen MR) is 86.9 cm³/mol. The van der Waals surface area contributed by atoms with Crippen LogP contribution in [0.5, 0.6) is 0 Å². The van der Waals surface area contributed by atoms with Gasteiger partial charge in [0.2, 0.25) is 5.91 Å². The molecule has 1 amide bonds. The van der Waals surface area contributed by atoms with Crippen molar-refractivity contribution in [3.63, 3.8) is 0 Å². The van der Waals surface area contributed by atoms with Crippen molar-refractivity contribution >= 4 is 17.5 Å². The van der Waals surface area contributed by atoms with E-state index in [-0.39, 0.29) is 18.0 Å². The van der Waals surface area contributed by atoms with Gasteiger partial charge in [0.25, 0.3) is 5.56 Å². The fraction of sp³-hybridized carbons (Fsp3) is 0.312. The molecule has 0 spiro atoms. The van der Waals surface area contributed by atoms with E-state index in [4.69, 9.17) is 11.6 Å². The summed E-state index contributed by atoms with van der Waals surface area (Å²) in [5, 5.41) is 7.64. The summed E-state index contributed by atoms with van der Waals surface area (Å²) in [6.45, 7) is 2.58. The van der Waals surface area contributed by atoms with Crippen LogP contribution in [0.3, 0.4) is 0 Å². The zero-order chi connectivity index (χ0) is 15.9. The highest BCUT2D eigenvalue weighted by molar-refractivity contribution is 6.30. The van der Waals surface area contributed by atoms with E-state index in [0.717, 1.165) is 18.4 Å². The molecule has 0 aliphatic rings. The third-order valence-electron chi connectivity index (χ3n) is 3.15. The molecule has 2 aromatic rings. The Balaban J connectivity index is 2.15. The molecule has 0 radical (unpaired) electrons. The zero-order valence-corrected chi connectivity index (χ0v) is 13.1. The summed E-state index contributed by atoms with van der Waals surface area (Å²) in [5.41, 5.74) is 1.16. The molecule has 0 bridgehead atoms. The number of rotatable bonds is 6. The molecule has 116 valence electrons. The molecule has 0 aliphatic heterocycles. The molecule has 0 saturated carbocycles. The Bertz CT molecular complexity index is 695. The van der Waals surface area contributed by atoms with Crippen molar-refractivity contribution in [2.45, 2.75) is 26.3 Å². The van der Waals surface area contributed by atoms with Crippen molar-refractivity contribution in [3.8, 4) is 11.3 Å². The van der Waals surface area contributed by atoms with Gasteiger partial charge in [-0.25, -0.2) is 4.68 Å². The number of nitrogens with one attached hydrogen (secondary N) is 1. The molecule has 0 atom stereocenters. The molecule has 1 aromatic carbocycles. The molecular weight excluding hydrogens is 302 g/mol. The second kappa shape index (κ2) is 7.75. The number of nitrogens with zero attached hydrogens (tertiary/aromatic N) is 2. The Morgan fingerprint density at radius 1 is 1.23 bits per heavy atom. The van der Waals surface area contributed by atoms with Crippen LogP contribution in [-0.2, 0) is 11.3 Å². The van der Waals surface area contributed by atoms with E-state index in [1.165, 1.54) is 10.7 Å². The monoisotopic (exact) mass is 319 g/mol. The number of carbonyl (C=O) groups is 1. The number of amides is 1. The predicted octanol–water partition coefficient (Wildman–Crippen LogP) is 2.48. The maximum absolute atomic E-state index is 11.8. The molecule has 1 N–H and O–H groups in total. The van der Waals surface area contributed by atoms with E-state index in [0.29, 0.717) is 17.3 Å². The molecule has 1 heterocycles. The van der Waals surface area contributed by atoms with E-state index < -0.39 is 0 Å². The molecule has 6 heteroatoms. The Labute approximate surface area is 133 Å². The number of hydrogen-bond donors (Lipinski definition) is 1. The Hall–Kier alpha value is -2.14. The van der Waals surface area contributed by atoms with Crippen LogP contribution in [0.2, 0.25) is 5.02 Å². The SMILES string of the molecule is CCCCNC(=O)Cn1nc(-c2ccc(Cl)cc2)ccc1=O. The van der Waals surface area contributed by atoms with Gasteiger partial charge in [0.15, 0.2) is 0 Å². The van der Waals surface area contributed by atoms with Crippen molar-refractivity contribution in [2.75, 3.05) is 6.54 Å². The van der Waals surface area contributed by atoms with Crippen molar-refractivity contribution < 1.29 is 4.79 Å². The highest BCUT2D eigenvalue weighted by atomic mass is 35.5. The minimum Gasteiger partial charge on any atom is -0.354 e. The Morgan fingerprint density at radius 2 is 1.95 bits per heavy atom. The smallest absolute Gasteiger partial charge is 0.267 e. The molecule has 22 heavy (non-hydrogen) atoms. The van der Waals surface area contributed by atoms with E-state index >= 15 is 0 Å². The van der Waals surface area contributed by atoms with Crippen LogP contribution in [0, 0.1) is 0 Å². The van der Waals surface area contributed by atoms with Gasteiger partial charge in [0.1, 0.15) is 6.54 Å². The first-order valence-electron chi connectivity index (χ1n) is 7.21. The van der Waals surface area contributed by atoms with Gasteiger partial charge in [-0.1, -0.05) is 37.1 Å². The third-order valence-corrected chi connectivity index (χ3v) is 3.40. The van der Waals surface area contributed by atoms with Gasteiger partial charge in [-0.05, 0) is 24.6 Å². The molecule has 0 unspecified atom stereocenters. The van der Waals surface area contributed by atoms with Gasteiger partial charge in [0, 0.05) is 23.2 Å². The molecule has 2 rings (SSSR count). The van der Waals surface area contributed by atoms with Gasteiger partial charge >= 0.3 is 0 Å². The van der Waals surface area contributed by atoms with Crippen molar-refractivity contribution in [1.29, 1.82) is 0 Å². The topological polar surface area (TPSA) is 64.0 Å². The standard InChI is InChI=1S/C16H18ClN3O2/c1-2-3-10-18-15(21)11-20-16(22)9-8-14(19-20)12-4-6-13(17)7-5-12/h4-9H,2-3,10-11H2,1H3,(H,18,21). The zero-order valence-electron chi connectivity index (χ0n) is 12.4. The molecule has 1 aromatic heterocycles. The summed E-state index contributed by atoms with van der Waals surface area (Å²) in [6, 6.07) is 10.2. The van der Waals surface area contributed by atoms with Crippen LogP contribution in [0.25, 0.3) is 11.3 Å². The highest BCUT2D eigenvalue weighted by Crippen LogP contribution is 2.18. The molecule has 0 aliphatic carbocycles. The van der Waals surface area contributed by atoms with Crippen molar-refractivity contribution in [1.82, 2.24) is 15.1 Å². The summed E-state index contributed by atoms with van der Waals surface area (Å²) in [5.74, 6) is -0.212. The highest BCUT2D eigenvalue weighted by Gasteiger charge is 2.07. The summed E-state index contributed by atoms with van der Waals surface area (Å²) >= 11 is 5.86. The first kappa shape index (κ1) is 16.2. The van der Waals surface area contributed by atoms with Gasteiger partial charge < -0.3 is 5.32 Å². The fourth-order valence-corrected chi connectivity index (χ4v) is 2.06. The van der Waals surface area contributed by atoms with Crippen LogP contribution in [0.15, 0.2) is 41.2 Å². The minimum atomic E-state index is -0.302. The molecule has 0 saturated heterocycles. The number of benzene rings is 1. The summed E-state index contributed by atoms with van der Waals surface area (Å²) in [4.78, 5) is 23.6. The number of carbonyl (C=O) groups excluding carboxylic acids is 1. The lowest BCUT2D eigenvalue weighted by Gasteiger charge is -2.08. The largest absolute Gasteiger partial charge is 0.354 e. The van der Waals surface area contributed by atoms with Gasteiger partial charge in [-0.15, -0.1) is 0 Å². The Kier molecular flexibility index (Phi) is 5.72. The van der Waals surface area contributed by atoms with Crippen LogP contribution in [0.1, 0.15) is 19.8 Å². The molecule has 0 fully saturated rings. The van der Waals surface area contributed by atoms with E-state index in [1.54, 1.807) is 18.2 Å². The van der Waals surface area contributed by atoms with Crippen LogP contribution < -0.4 is 10.9 Å². The van der Waals surface area contributed by atoms with Gasteiger partial charge in [0.05, 0.1) is 5.69 Å². The second-order valence-corrected chi connectivity index (χ2v) is 5.36. The normalized spacial score (nSPS) is 10.5. The molecular formula is C16H18ClN3O2. The van der Waals surface area contributed by atoms with Crippen molar-refractivity contribution in [3.05, 3.63) is 51.8 Å². The number of hydrogen-bond acceptors (Lipinski definition) is 3. The van der Waals surface area contributed by atoms with Crippen LogP contribution in [-0.4, -0.2) is 22.2 Å². The van der Waals surface area contributed by atoms with Crippen LogP contribution in [0.4, 0.5) is 0 Å². The summed E-state index contributed by atoms with van der Waals surface area (Å²) in [7, 11) is 0. The van der Waals surface area contributed by atoms with Gasteiger partial charge in [-0.2, -0.15) is 5.10 Å². The lowest BCUT2D eigenvalue weighted by Crippen LogP contribution is -2.33. The third kappa shape index (κ3) is 4.43. The first-order chi connectivity index (χ1) is 10.6. The number of aromatic nitrogens is 2. The van der Waals surface area contributed by atoms with E-state index in [2.05, 4.69) is 10.4 Å². The van der Waals surface area contributed by atoms with Crippen molar-refractivity contribution in [2.24, 2.45) is 0 Å². The van der Waals surface area contributed by atoms with Gasteiger partial charge in [-0.3, -0.25) is 9.59 Å². The second-order valence-electron chi connectivity index (χ2n) is 4.92. The molecule has 5 nitrogen and oxygen atoms in total. The Morgan fingerprint density at radius 3 is 2.64 bits per heavy atom. The first-order valence-corrected chi connectivity index (χ1v) is 7.58. The quantitative estimate of drug-likeness (QED) is 0.832. The maximum atomic E-state index is 11.8. The maximum Gasteiger partial charge on any atom is 0.267 e. The summed E-state index contributed by atoms with van der Waals surface area (Å²) in [6.07, 6.45) is 1.92. The summed E-state index contributed by atoms with van der Waals surface area (Å²) < 4.78 is 1.17. The minimum absolute atomic E-state index is 0.0794. The van der Waals surface area contributed by atoms with E-state index in [1.807, 2.05) is 19.1 Å². The number of halogens is 1. The average Bonchev–Trinajstić information content (AvgIpc) is 2.51. The average molecular weight is 320 g/mol. The number of unbranched alkanes of at least 4 members (excludes halogenated alkanes) is 1.